The van der Waals surface area contributed by atoms with E-state index in [4.69, 9.17) is 10.9 Å². The van der Waals surface area contributed by atoms with Gasteiger partial charge in [-0.25, -0.2) is 0 Å². The first-order chi connectivity index (χ1) is 8.72. The Hall–Kier alpha value is -1.55. The van der Waals surface area contributed by atoms with Gasteiger partial charge in [0, 0.05) is 18.2 Å². The van der Waals surface area contributed by atoms with E-state index < -0.39 is 0 Å². The average Bonchev–Trinajstić information content (AvgIpc) is 2.33. The molecule has 1 aliphatic carbocycles. The van der Waals surface area contributed by atoms with Crippen molar-refractivity contribution in [2.75, 3.05) is 0 Å². The van der Waals surface area contributed by atoms with E-state index in [0.717, 1.165) is 23.6 Å². The maximum Gasteiger partial charge on any atom is 0.170 e. The van der Waals surface area contributed by atoms with Gasteiger partial charge in [0.15, 0.2) is 5.84 Å². The smallest absolute Gasteiger partial charge is 0.170 e. The second-order valence-corrected chi connectivity index (χ2v) is 5.00. The molecule has 0 amide bonds. The molecule has 1 unspecified atom stereocenters. The van der Waals surface area contributed by atoms with E-state index in [2.05, 4.69) is 17.4 Å². The molecule has 1 aromatic carbocycles. The zero-order valence-corrected chi connectivity index (χ0v) is 10.8. The van der Waals surface area contributed by atoms with Crippen molar-refractivity contribution in [3.05, 3.63) is 35.4 Å². The van der Waals surface area contributed by atoms with Crippen molar-refractivity contribution in [2.24, 2.45) is 16.8 Å². The lowest BCUT2D eigenvalue weighted by Gasteiger charge is -2.32. The Bertz CT molecular complexity index is 427. The van der Waals surface area contributed by atoms with Crippen LogP contribution in [0, 0.1) is 5.92 Å². The van der Waals surface area contributed by atoms with Crippen molar-refractivity contribution in [3.8, 4) is 0 Å². The van der Waals surface area contributed by atoms with Gasteiger partial charge in [-0.15, -0.1) is 0 Å². The molecule has 1 atom stereocenters. The van der Waals surface area contributed by atoms with Gasteiger partial charge in [0.25, 0.3) is 0 Å². The molecule has 0 saturated heterocycles. The monoisotopic (exact) mass is 247 g/mol. The summed E-state index contributed by atoms with van der Waals surface area (Å²) in [6.07, 6.45) is 4.02. The highest BCUT2D eigenvalue weighted by Crippen LogP contribution is 2.29. The summed E-state index contributed by atoms with van der Waals surface area (Å²) < 4.78 is 0. The standard InChI is InChI=1S/C14H21N3O/c1-10(11-6-4-7-11)16-9-12-5-2-3-8-13(12)14(15)17-18/h2-3,5,8,10-11,16,18H,4,6-7,9H2,1H3,(H2,15,17). The third-order valence-electron chi connectivity index (χ3n) is 3.87. The van der Waals surface area contributed by atoms with Gasteiger partial charge in [-0.3, -0.25) is 0 Å². The van der Waals surface area contributed by atoms with Gasteiger partial charge >= 0.3 is 0 Å². The molecule has 1 aliphatic rings. The van der Waals surface area contributed by atoms with Crippen LogP contribution in [-0.2, 0) is 6.54 Å². The number of benzene rings is 1. The predicted molar refractivity (Wildman–Crippen MR) is 72.6 cm³/mol. The summed E-state index contributed by atoms with van der Waals surface area (Å²) in [4.78, 5) is 0. The molecule has 4 nitrogen and oxygen atoms in total. The topological polar surface area (TPSA) is 70.6 Å². The van der Waals surface area contributed by atoms with Crippen LogP contribution in [0.2, 0.25) is 0 Å². The summed E-state index contributed by atoms with van der Waals surface area (Å²) in [7, 11) is 0. The Kier molecular flexibility index (Phi) is 4.20. The van der Waals surface area contributed by atoms with Crippen LogP contribution in [0.25, 0.3) is 0 Å². The Morgan fingerprint density at radius 2 is 2.22 bits per heavy atom. The molecule has 0 bridgehead atoms. The van der Waals surface area contributed by atoms with Gasteiger partial charge in [-0.05, 0) is 31.2 Å². The lowest BCUT2D eigenvalue weighted by atomic mass is 9.80. The van der Waals surface area contributed by atoms with Crippen molar-refractivity contribution in [3.63, 3.8) is 0 Å². The molecule has 4 N–H and O–H groups in total. The van der Waals surface area contributed by atoms with Gasteiger partial charge in [0.05, 0.1) is 0 Å². The van der Waals surface area contributed by atoms with E-state index in [0.29, 0.717) is 6.04 Å². The number of nitrogens with one attached hydrogen (secondary N) is 1. The molecule has 0 heterocycles. The van der Waals surface area contributed by atoms with Crippen LogP contribution >= 0.6 is 0 Å². The van der Waals surface area contributed by atoms with Crippen molar-refractivity contribution >= 4 is 5.84 Å². The fraction of sp³-hybridized carbons (Fsp3) is 0.500. The van der Waals surface area contributed by atoms with Crippen LogP contribution in [0.15, 0.2) is 29.4 Å². The average molecular weight is 247 g/mol. The van der Waals surface area contributed by atoms with Crippen LogP contribution in [0.1, 0.15) is 37.3 Å². The fourth-order valence-corrected chi connectivity index (χ4v) is 2.36. The second-order valence-electron chi connectivity index (χ2n) is 5.00. The highest BCUT2D eigenvalue weighted by Gasteiger charge is 2.23. The normalized spacial score (nSPS) is 18.4. The van der Waals surface area contributed by atoms with Gasteiger partial charge in [-0.1, -0.05) is 35.8 Å². The summed E-state index contributed by atoms with van der Waals surface area (Å²) in [5.41, 5.74) is 7.54. The number of rotatable bonds is 5. The molecular weight excluding hydrogens is 226 g/mol. The molecule has 0 aromatic heterocycles. The number of amidine groups is 1. The third-order valence-corrected chi connectivity index (χ3v) is 3.87. The van der Waals surface area contributed by atoms with E-state index in [-0.39, 0.29) is 5.84 Å². The third kappa shape index (κ3) is 2.82. The van der Waals surface area contributed by atoms with E-state index >= 15 is 0 Å². The highest BCUT2D eigenvalue weighted by molar-refractivity contribution is 5.98. The number of hydrogen-bond acceptors (Lipinski definition) is 3. The molecule has 2 rings (SSSR count). The molecule has 1 saturated carbocycles. The van der Waals surface area contributed by atoms with Crippen LogP contribution in [0.4, 0.5) is 0 Å². The largest absolute Gasteiger partial charge is 0.409 e. The molecular formula is C14H21N3O. The van der Waals surface area contributed by atoms with E-state index in [1.54, 1.807) is 0 Å². The lowest BCUT2D eigenvalue weighted by Crippen LogP contribution is -2.37. The van der Waals surface area contributed by atoms with Crippen LogP contribution in [0.3, 0.4) is 0 Å². The summed E-state index contributed by atoms with van der Waals surface area (Å²) in [5.74, 6) is 0.977. The van der Waals surface area contributed by atoms with Crippen molar-refractivity contribution in [1.82, 2.24) is 5.32 Å². The molecule has 0 aliphatic heterocycles. The summed E-state index contributed by atoms with van der Waals surface area (Å²) in [5, 5.41) is 15.4. The SMILES string of the molecule is CC(NCc1ccccc1/C(N)=N/O)C1CCC1. The first kappa shape index (κ1) is 12.9. The zero-order valence-electron chi connectivity index (χ0n) is 10.8. The minimum Gasteiger partial charge on any atom is -0.409 e. The fourth-order valence-electron chi connectivity index (χ4n) is 2.36. The summed E-state index contributed by atoms with van der Waals surface area (Å²) >= 11 is 0. The molecule has 4 heteroatoms. The van der Waals surface area contributed by atoms with E-state index in [9.17, 15) is 0 Å². The van der Waals surface area contributed by atoms with E-state index in [1.807, 2.05) is 24.3 Å². The van der Waals surface area contributed by atoms with Crippen molar-refractivity contribution in [1.29, 1.82) is 0 Å². The first-order valence-corrected chi connectivity index (χ1v) is 6.51. The van der Waals surface area contributed by atoms with Crippen LogP contribution < -0.4 is 11.1 Å². The van der Waals surface area contributed by atoms with Gasteiger partial charge in [0.2, 0.25) is 0 Å². The van der Waals surface area contributed by atoms with Gasteiger partial charge < -0.3 is 16.3 Å². The number of nitrogens with zero attached hydrogens (tertiary/aromatic N) is 1. The molecule has 0 spiro atoms. The van der Waals surface area contributed by atoms with Crippen LogP contribution in [0.5, 0.6) is 0 Å². The highest BCUT2D eigenvalue weighted by atomic mass is 16.4. The maximum atomic E-state index is 8.77. The minimum absolute atomic E-state index is 0.170. The lowest BCUT2D eigenvalue weighted by molar-refractivity contribution is 0.240. The molecule has 98 valence electrons. The first-order valence-electron chi connectivity index (χ1n) is 6.51. The molecule has 1 aromatic rings. The number of nitrogens with two attached hydrogens (primary N) is 1. The Morgan fingerprint density at radius 1 is 1.50 bits per heavy atom. The quantitative estimate of drug-likeness (QED) is 0.323. The Labute approximate surface area is 108 Å². The minimum atomic E-state index is 0.170. The number of oxime groups is 1. The predicted octanol–water partition coefficient (Wildman–Crippen LogP) is 2.06. The van der Waals surface area contributed by atoms with Gasteiger partial charge in [-0.2, -0.15) is 0 Å². The Balaban J connectivity index is 2.00. The second kappa shape index (κ2) is 5.87. The Morgan fingerprint density at radius 3 is 2.83 bits per heavy atom. The number of hydrogen-bond donors (Lipinski definition) is 3. The van der Waals surface area contributed by atoms with Gasteiger partial charge in [0.1, 0.15) is 0 Å². The van der Waals surface area contributed by atoms with Crippen molar-refractivity contribution in [2.45, 2.75) is 38.8 Å². The molecule has 0 radical (unpaired) electrons. The maximum absolute atomic E-state index is 8.77. The molecule has 18 heavy (non-hydrogen) atoms. The zero-order chi connectivity index (χ0) is 13.0. The van der Waals surface area contributed by atoms with Crippen molar-refractivity contribution < 1.29 is 5.21 Å². The van der Waals surface area contributed by atoms with Crippen LogP contribution in [-0.4, -0.2) is 17.1 Å². The molecule has 1 fully saturated rings. The summed E-state index contributed by atoms with van der Waals surface area (Å²) in [6.45, 7) is 2.99. The summed E-state index contributed by atoms with van der Waals surface area (Å²) in [6, 6.07) is 8.28. The van der Waals surface area contributed by atoms with E-state index in [1.165, 1.54) is 19.3 Å².